The van der Waals surface area contributed by atoms with Crippen LogP contribution in [0.5, 0.6) is 11.5 Å². The minimum Gasteiger partial charge on any atom is -0.493 e. The second-order valence-corrected chi connectivity index (χ2v) is 7.66. The van der Waals surface area contributed by atoms with Crippen molar-refractivity contribution in [1.29, 1.82) is 0 Å². The fourth-order valence-corrected chi connectivity index (χ4v) is 2.92. The molecular weight excluding hydrogens is 460 g/mol. The molecule has 1 N–H and O–H groups in total. The Kier molecular flexibility index (Phi) is 8.06. The average Bonchev–Trinajstić information content (AvgIpc) is 2.78. The summed E-state index contributed by atoms with van der Waals surface area (Å²) in [5.74, 6) is 0.925. The molecule has 3 aromatic rings. The number of anilines is 1. The Bertz CT molecular complexity index is 1030. The maximum absolute atomic E-state index is 11.9. The van der Waals surface area contributed by atoms with Crippen molar-refractivity contribution in [1.82, 2.24) is 0 Å². The van der Waals surface area contributed by atoms with Crippen LogP contribution in [0.15, 0.2) is 76.4 Å². The second kappa shape index (κ2) is 11.2. The normalized spacial score (nSPS) is 10.7. The standard InChI is InChI=1S/C24H23BrN2O4/c1-17-3-10-21(11-4-17)27-24(28)16-31-26-14-19-7-12-22(23(13-19)29-2)30-15-18-5-8-20(25)9-6-18/h3-14H,15-16H2,1-2H3,(H,27,28)/b26-14+. The van der Waals surface area contributed by atoms with Crippen molar-refractivity contribution in [3.8, 4) is 11.5 Å². The van der Waals surface area contributed by atoms with E-state index < -0.39 is 0 Å². The summed E-state index contributed by atoms with van der Waals surface area (Å²) in [7, 11) is 1.58. The van der Waals surface area contributed by atoms with Gasteiger partial charge < -0.3 is 19.6 Å². The summed E-state index contributed by atoms with van der Waals surface area (Å²) in [4.78, 5) is 17.0. The van der Waals surface area contributed by atoms with Crippen LogP contribution in [-0.2, 0) is 16.2 Å². The predicted molar refractivity (Wildman–Crippen MR) is 125 cm³/mol. The van der Waals surface area contributed by atoms with Crippen LogP contribution in [0, 0.1) is 6.92 Å². The molecule has 0 spiro atoms. The summed E-state index contributed by atoms with van der Waals surface area (Å²) in [6, 6.07) is 20.9. The van der Waals surface area contributed by atoms with Gasteiger partial charge in [0.1, 0.15) is 6.61 Å². The maximum Gasteiger partial charge on any atom is 0.265 e. The minimum atomic E-state index is -0.282. The lowest BCUT2D eigenvalue weighted by Gasteiger charge is -2.11. The Labute approximate surface area is 190 Å². The molecule has 0 aliphatic heterocycles. The van der Waals surface area contributed by atoms with Crippen LogP contribution in [0.1, 0.15) is 16.7 Å². The Morgan fingerprint density at radius 1 is 1.03 bits per heavy atom. The first-order chi connectivity index (χ1) is 15.0. The number of benzene rings is 3. The Morgan fingerprint density at radius 2 is 1.77 bits per heavy atom. The lowest BCUT2D eigenvalue weighted by molar-refractivity contribution is -0.120. The van der Waals surface area contributed by atoms with Crippen molar-refractivity contribution in [3.63, 3.8) is 0 Å². The number of methoxy groups -OCH3 is 1. The van der Waals surface area contributed by atoms with Gasteiger partial charge >= 0.3 is 0 Å². The number of ether oxygens (including phenoxy) is 2. The molecule has 3 rings (SSSR count). The number of halogens is 1. The Hall–Kier alpha value is -3.32. The summed E-state index contributed by atoms with van der Waals surface area (Å²) < 4.78 is 12.3. The number of amides is 1. The quantitative estimate of drug-likeness (QED) is 0.330. The number of aryl methyl sites for hydroxylation is 1. The van der Waals surface area contributed by atoms with E-state index in [1.54, 1.807) is 13.2 Å². The molecule has 0 saturated carbocycles. The lowest BCUT2D eigenvalue weighted by atomic mass is 10.2. The van der Waals surface area contributed by atoms with Crippen LogP contribution >= 0.6 is 15.9 Å². The van der Waals surface area contributed by atoms with E-state index in [1.807, 2.05) is 67.6 Å². The highest BCUT2D eigenvalue weighted by Gasteiger charge is 2.06. The van der Waals surface area contributed by atoms with E-state index >= 15 is 0 Å². The van der Waals surface area contributed by atoms with Crippen molar-refractivity contribution < 1.29 is 19.1 Å². The van der Waals surface area contributed by atoms with Gasteiger partial charge in [-0.15, -0.1) is 0 Å². The number of nitrogens with zero attached hydrogens (tertiary/aromatic N) is 1. The number of carbonyl (C=O) groups excluding carboxylic acids is 1. The third-order valence-electron chi connectivity index (χ3n) is 4.30. The van der Waals surface area contributed by atoms with Crippen molar-refractivity contribution in [2.75, 3.05) is 19.0 Å². The van der Waals surface area contributed by atoms with Crippen LogP contribution in [0.2, 0.25) is 0 Å². The highest BCUT2D eigenvalue weighted by atomic mass is 79.9. The smallest absolute Gasteiger partial charge is 0.265 e. The fraction of sp³-hybridized carbons (Fsp3) is 0.167. The molecule has 0 radical (unpaired) electrons. The number of nitrogens with one attached hydrogen (secondary N) is 1. The molecule has 0 unspecified atom stereocenters. The Morgan fingerprint density at radius 3 is 2.48 bits per heavy atom. The molecule has 0 bridgehead atoms. The Balaban J connectivity index is 1.50. The molecule has 160 valence electrons. The van der Waals surface area contributed by atoms with E-state index in [1.165, 1.54) is 6.21 Å². The van der Waals surface area contributed by atoms with E-state index in [0.717, 1.165) is 21.2 Å². The van der Waals surface area contributed by atoms with E-state index in [2.05, 4.69) is 26.4 Å². The third kappa shape index (κ3) is 7.15. The molecule has 0 aliphatic carbocycles. The van der Waals surface area contributed by atoms with E-state index in [9.17, 15) is 4.79 Å². The van der Waals surface area contributed by atoms with Gasteiger partial charge in [0.2, 0.25) is 0 Å². The van der Waals surface area contributed by atoms with Crippen molar-refractivity contribution in [2.24, 2.45) is 5.16 Å². The molecule has 6 nitrogen and oxygen atoms in total. The summed E-state index contributed by atoms with van der Waals surface area (Å²) in [6.07, 6.45) is 1.51. The molecule has 0 atom stereocenters. The first kappa shape index (κ1) is 22.4. The third-order valence-corrected chi connectivity index (χ3v) is 4.83. The van der Waals surface area contributed by atoms with Crippen LogP contribution in [-0.4, -0.2) is 25.8 Å². The van der Waals surface area contributed by atoms with Crippen LogP contribution in [0.4, 0.5) is 5.69 Å². The first-order valence-electron chi connectivity index (χ1n) is 9.60. The second-order valence-electron chi connectivity index (χ2n) is 6.75. The first-order valence-corrected chi connectivity index (χ1v) is 10.4. The van der Waals surface area contributed by atoms with Crippen molar-refractivity contribution >= 4 is 33.7 Å². The van der Waals surface area contributed by atoms with Gasteiger partial charge in [-0.2, -0.15) is 0 Å². The highest BCUT2D eigenvalue weighted by Crippen LogP contribution is 2.28. The highest BCUT2D eigenvalue weighted by molar-refractivity contribution is 9.10. The molecule has 1 amide bonds. The molecule has 7 heteroatoms. The van der Waals surface area contributed by atoms with E-state index in [-0.39, 0.29) is 12.5 Å². The van der Waals surface area contributed by atoms with E-state index in [0.29, 0.717) is 23.8 Å². The zero-order valence-electron chi connectivity index (χ0n) is 17.3. The van der Waals surface area contributed by atoms with Gasteiger partial charge in [-0.3, -0.25) is 4.79 Å². The molecule has 0 saturated heterocycles. The fourth-order valence-electron chi connectivity index (χ4n) is 2.65. The summed E-state index contributed by atoms with van der Waals surface area (Å²) in [5.41, 5.74) is 3.64. The van der Waals surface area contributed by atoms with Gasteiger partial charge in [0, 0.05) is 15.7 Å². The minimum absolute atomic E-state index is 0.185. The zero-order chi connectivity index (χ0) is 22.1. The van der Waals surface area contributed by atoms with Crippen molar-refractivity contribution in [2.45, 2.75) is 13.5 Å². The molecular formula is C24H23BrN2O4. The van der Waals surface area contributed by atoms with Crippen molar-refractivity contribution in [3.05, 3.63) is 87.9 Å². The van der Waals surface area contributed by atoms with Gasteiger partial charge in [-0.1, -0.05) is 50.9 Å². The number of hydrogen-bond acceptors (Lipinski definition) is 5. The largest absolute Gasteiger partial charge is 0.493 e. The lowest BCUT2D eigenvalue weighted by Crippen LogP contribution is -2.16. The van der Waals surface area contributed by atoms with Gasteiger partial charge in [-0.05, 0) is 55.0 Å². The van der Waals surface area contributed by atoms with Crippen LogP contribution in [0.3, 0.4) is 0 Å². The summed E-state index contributed by atoms with van der Waals surface area (Å²) in [6.45, 7) is 2.23. The summed E-state index contributed by atoms with van der Waals surface area (Å²) in [5, 5.41) is 6.60. The van der Waals surface area contributed by atoms with Crippen LogP contribution in [0.25, 0.3) is 0 Å². The molecule has 0 aromatic heterocycles. The molecule has 3 aromatic carbocycles. The molecule has 31 heavy (non-hydrogen) atoms. The molecule has 0 aliphatic rings. The zero-order valence-corrected chi connectivity index (χ0v) is 18.9. The topological polar surface area (TPSA) is 69.2 Å². The van der Waals surface area contributed by atoms with Gasteiger partial charge in [-0.25, -0.2) is 0 Å². The van der Waals surface area contributed by atoms with E-state index in [4.69, 9.17) is 14.3 Å². The molecule has 0 fully saturated rings. The number of carbonyl (C=O) groups is 1. The summed E-state index contributed by atoms with van der Waals surface area (Å²) >= 11 is 3.42. The van der Waals surface area contributed by atoms with Gasteiger partial charge in [0.25, 0.3) is 5.91 Å². The number of hydrogen-bond donors (Lipinski definition) is 1. The predicted octanol–water partition coefficient (Wildman–Crippen LogP) is 5.33. The van der Waals surface area contributed by atoms with Gasteiger partial charge in [0.15, 0.2) is 18.1 Å². The maximum atomic E-state index is 11.9. The number of rotatable bonds is 9. The van der Waals surface area contributed by atoms with Gasteiger partial charge in [0.05, 0.1) is 13.3 Å². The average molecular weight is 483 g/mol. The monoisotopic (exact) mass is 482 g/mol. The molecule has 0 heterocycles. The number of oxime groups is 1. The SMILES string of the molecule is COc1cc(/C=N/OCC(=O)Nc2ccc(C)cc2)ccc1OCc1ccc(Br)cc1. The van der Waals surface area contributed by atoms with Crippen LogP contribution < -0.4 is 14.8 Å².